The van der Waals surface area contributed by atoms with Crippen LogP contribution in [-0.4, -0.2) is 46.4 Å². The number of nitrogens with zero attached hydrogens (tertiary/aromatic N) is 4. The van der Waals surface area contributed by atoms with E-state index in [1.54, 1.807) is 0 Å². The van der Waals surface area contributed by atoms with Crippen molar-refractivity contribution in [3.8, 4) is 11.3 Å². The van der Waals surface area contributed by atoms with Gasteiger partial charge in [0, 0.05) is 35.5 Å². The largest absolute Gasteiger partial charge is 0.382 e. The van der Waals surface area contributed by atoms with E-state index in [0.717, 1.165) is 45.0 Å². The number of hydrogen-bond donors (Lipinski definition) is 2. The minimum absolute atomic E-state index is 0.208. The molecule has 2 aromatic carbocycles. The molecule has 1 atom stereocenters. The maximum atomic E-state index is 6.49. The number of likely N-dealkylation sites (tertiary alicyclic amines) is 1. The second-order valence-electron chi connectivity index (χ2n) is 10.9. The van der Waals surface area contributed by atoms with Gasteiger partial charge in [-0.25, -0.2) is 9.98 Å². The van der Waals surface area contributed by atoms with Gasteiger partial charge in [-0.3, -0.25) is 0 Å². The first-order valence-electron chi connectivity index (χ1n) is 13.7. The molecule has 1 aliphatic carbocycles. The smallest absolute Gasteiger partial charge is 0.149 e. The average Bonchev–Trinajstić information content (AvgIpc) is 3.32. The van der Waals surface area contributed by atoms with Crippen LogP contribution in [0.4, 0.5) is 0 Å². The van der Waals surface area contributed by atoms with E-state index in [-0.39, 0.29) is 6.17 Å². The first kappa shape index (κ1) is 22.5. The molecule has 3 aliphatic heterocycles. The number of aliphatic imine (C=N–C) groups is 1. The summed E-state index contributed by atoms with van der Waals surface area (Å²) in [7, 11) is 0. The third-order valence-corrected chi connectivity index (χ3v) is 8.62. The average molecular weight is 491 g/mol. The Labute approximate surface area is 218 Å². The van der Waals surface area contributed by atoms with Crippen molar-refractivity contribution < 1.29 is 0 Å². The molecule has 4 heterocycles. The Balaban J connectivity index is 1.17. The van der Waals surface area contributed by atoms with Crippen molar-refractivity contribution in [1.82, 2.24) is 20.1 Å². The minimum atomic E-state index is 0.208. The van der Waals surface area contributed by atoms with Crippen LogP contribution in [0.3, 0.4) is 0 Å². The van der Waals surface area contributed by atoms with Crippen LogP contribution in [0.15, 0.2) is 83.8 Å². The van der Waals surface area contributed by atoms with Crippen LogP contribution in [0.2, 0.25) is 0 Å². The Kier molecular flexibility index (Phi) is 5.69. The van der Waals surface area contributed by atoms with E-state index in [2.05, 4.69) is 80.9 Å². The molecule has 1 saturated heterocycles. The number of nitrogens with two attached hydrogens (primary N) is 1. The lowest BCUT2D eigenvalue weighted by Crippen LogP contribution is -2.45. The van der Waals surface area contributed by atoms with Gasteiger partial charge in [-0.2, -0.15) is 0 Å². The van der Waals surface area contributed by atoms with E-state index >= 15 is 0 Å². The Hall–Kier alpha value is -3.64. The Morgan fingerprint density at radius 3 is 2.51 bits per heavy atom. The highest BCUT2D eigenvalue weighted by atomic mass is 15.3. The molecule has 37 heavy (non-hydrogen) atoms. The van der Waals surface area contributed by atoms with Crippen molar-refractivity contribution in [3.63, 3.8) is 0 Å². The summed E-state index contributed by atoms with van der Waals surface area (Å²) in [6.07, 6.45) is 10.6. The molecule has 0 radical (unpaired) electrons. The minimum Gasteiger partial charge on any atom is -0.382 e. The molecule has 3 N–H and O–H groups in total. The molecule has 4 aliphatic rings. The topological polar surface area (TPSA) is 69.8 Å². The van der Waals surface area contributed by atoms with Gasteiger partial charge in [-0.15, -0.1) is 0 Å². The van der Waals surface area contributed by atoms with Crippen LogP contribution in [0.1, 0.15) is 37.7 Å². The molecule has 3 aromatic rings. The van der Waals surface area contributed by atoms with Crippen LogP contribution in [0.5, 0.6) is 0 Å². The fraction of sp³-hybridized carbons (Fsp3) is 0.355. The fourth-order valence-electron chi connectivity index (χ4n) is 6.45. The van der Waals surface area contributed by atoms with Gasteiger partial charge in [0.2, 0.25) is 0 Å². The third-order valence-electron chi connectivity index (χ3n) is 8.62. The SMILES string of the molecule is NC1=NC=CN2C1=C(c1ccc3ccc(-c4ccccc4)nc3c1)NC2C1CCC(CN2CCC2)CC1. The van der Waals surface area contributed by atoms with Crippen LogP contribution >= 0.6 is 0 Å². The molecule has 6 nitrogen and oxygen atoms in total. The van der Waals surface area contributed by atoms with Gasteiger partial charge in [-0.05, 0) is 69.2 Å². The van der Waals surface area contributed by atoms with E-state index in [4.69, 9.17) is 10.7 Å². The Morgan fingerprint density at radius 1 is 0.919 bits per heavy atom. The Bertz CT molecular complexity index is 1400. The van der Waals surface area contributed by atoms with Gasteiger partial charge in [-0.1, -0.05) is 48.5 Å². The number of benzene rings is 2. The zero-order valence-electron chi connectivity index (χ0n) is 21.2. The summed E-state index contributed by atoms with van der Waals surface area (Å²) in [6.45, 7) is 3.88. The zero-order chi connectivity index (χ0) is 24.8. The third kappa shape index (κ3) is 4.19. The lowest BCUT2D eigenvalue weighted by molar-refractivity contribution is 0.108. The summed E-state index contributed by atoms with van der Waals surface area (Å²) in [5, 5.41) is 5.02. The molecule has 1 unspecified atom stereocenters. The highest BCUT2D eigenvalue weighted by molar-refractivity contribution is 6.05. The molecular formula is C31H34N6. The number of nitrogens with one attached hydrogen (secondary N) is 1. The van der Waals surface area contributed by atoms with Crippen molar-refractivity contribution in [2.75, 3.05) is 19.6 Å². The quantitative estimate of drug-likeness (QED) is 0.517. The molecule has 0 spiro atoms. The predicted molar refractivity (Wildman–Crippen MR) is 150 cm³/mol. The number of hydrogen-bond acceptors (Lipinski definition) is 6. The van der Waals surface area contributed by atoms with E-state index < -0.39 is 0 Å². The van der Waals surface area contributed by atoms with Gasteiger partial charge in [0.15, 0.2) is 0 Å². The summed E-state index contributed by atoms with van der Waals surface area (Å²) in [4.78, 5) is 14.4. The van der Waals surface area contributed by atoms with Crippen molar-refractivity contribution in [3.05, 3.63) is 84.3 Å². The number of aromatic nitrogens is 1. The van der Waals surface area contributed by atoms with Crippen LogP contribution in [-0.2, 0) is 0 Å². The number of fused-ring (bicyclic) bond motifs is 2. The van der Waals surface area contributed by atoms with Gasteiger partial charge in [0.05, 0.1) is 16.9 Å². The highest BCUT2D eigenvalue weighted by Gasteiger charge is 2.40. The molecule has 7 rings (SSSR count). The van der Waals surface area contributed by atoms with E-state index in [1.165, 1.54) is 51.7 Å². The lowest BCUT2D eigenvalue weighted by atomic mass is 9.79. The van der Waals surface area contributed by atoms with E-state index in [1.807, 2.05) is 12.3 Å². The van der Waals surface area contributed by atoms with Crippen LogP contribution in [0.25, 0.3) is 27.9 Å². The van der Waals surface area contributed by atoms with Gasteiger partial charge < -0.3 is 20.9 Å². The molecule has 1 saturated carbocycles. The van der Waals surface area contributed by atoms with Crippen LogP contribution < -0.4 is 11.1 Å². The number of amidine groups is 1. The fourth-order valence-corrected chi connectivity index (χ4v) is 6.45. The molecule has 0 bridgehead atoms. The van der Waals surface area contributed by atoms with E-state index in [0.29, 0.717) is 11.8 Å². The predicted octanol–water partition coefficient (Wildman–Crippen LogP) is 5.16. The maximum Gasteiger partial charge on any atom is 0.149 e. The van der Waals surface area contributed by atoms with Gasteiger partial charge in [0.1, 0.15) is 17.7 Å². The molecule has 1 aromatic heterocycles. The highest BCUT2D eigenvalue weighted by Crippen LogP contribution is 2.40. The van der Waals surface area contributed by atoms with Gasteiger partial charge in [0.25, 0.3) is 0 Å². The molecular weight excluding hydrogens is 456 g/mol. The normalized spacial score (nSPS) is 25.6. The molecule has 6 heteroatoms. The molecule has 0 amide bonds. The number of rotatable bonds is 5. The summed E-state index contributed by atoms with van der Waals surface area (Å²) in [5.41, 5.74) is 12.7. The second kappa shape index (κ2) is 9.34. The number of pyridine rings is 1. The van der Waals surface area contributed by atoms with Crippen molar-refractivity contribution >= 4 is 22.4 Å². The molecule has 2 fully saturated rings. The Morgan fingerprint density at radius 2 is 1.73 bits per heavy atom. The molecule has 188 valence electrons. The van der Waals surface area contributed by atoms with E-state index in [9.17, 15) is 0 Å². The monoisotopic (exact) mass is 490 g/mol. The second-order valence-corrected chi connectivity index (χ2v) is 10.9. The first-order valence-corrected chi connectivity index (χ1v) is 13.7. The maximum absolute atomic E-state index is 6.49. The van der Waals surface area contributed by atoms with Crippen LogP contribution in [0, 0.1) is 11.8 Å². The standard InChI is InChI=1S/C31H34N6/c32-30-29-28(25-12-11-23-13-14-26(34-27(23)19-25)22-5-2-1-3-6-22)35-31(37(29)18-15-33-30)24-9-7-21(8-10-24)20-36-16-4-17-36/h1-3,5-6,11-15,18-19,21,24,31,35H,4,7-10,16-17,20H2,(H2,32,33). The first-order chi connectivity index (χ1) is 18.2. The van der Waals surface area contributed by atoms with Gasteiger partial charge >= 0.3 is 0 Å². The van der Waals surface area contributed by atoms with Crippen molar-refractivity contribution in [1.29, 1.82) is 0 Å². The lowest BCUT2D eigenvalue weighted by Gasteiger charge is -2.40. The summed E-state index contributed by atoms with van der Waals surface area (Å²) >= 11 is 0. The van der Waals surface area contributed by atoms with Crippen molar-refractivity contribution in [2.45, 2.75) is 38.3 Å². The summed E-state index contributed by atoms with van der Waals surface area (Å²) in [5.74, 6) is 2.00. The van der Waals surface area contributed by atoms with Crippen molar-refractivity contribution in [2.24, 2.45) is 22.6 Å². The summed E-state index contributed by atoms with van der Waals surface area (Å²) < 4.78 is 0. The zero-order valence-corrected chi connectivity index (χ0v) is 21.2. The summed E-state index contributed by atoms with van der Waals surface area (Å²) in [6, 6.07) is 21.1.